The van der Waals surface area contributed by atoms with Gasteiger partial charge in [-0.2, -0.15) is 8.42 Å². The Bertz CT molecular complexity index is 230. The lowest BCUT2D eigenvalue weighted by Gasteiger charge is -1.95. The van der Waals surface area contributed by atoms with E-state index in [1.54, 1.807) is 0 Å². The Labute approximate surface area is 58.5 Å². The van der Waals surface area contributed by atoms with Crippen LogP contribution >= 0.6 is 0 Å². The number of nitrogens with one attached hydrogen (secondary N) is 1. The van der Waals surface area contributed by atoms with Gasteiger partial charge in [-0.1, -0.05) is 6.58 Å². The molecule has 10 heavy (non-hydrogen) atoms. The van der Waals surface area contributed by atoms with Gasteiger partial charge in [0.15, 0.2) is 0 Å². The highest BCUT2D eigenvalue weighted by Gasteiger charge is 2.03. The SMILES string of the molecule is C=CC(=O)NCS(=O)(=O)O. The number of rotatable bonds is 3. The van der Waals surface area contributed by atoms with Gasteiger partial charge in [-0.05, 0) is 6.08 Å². The van der Waals surface area contributed by atoms with Crippen LogP contribution in [0.3, 0.4) is 0 Å². The second-order valence-electron chi connectivity index (χ2n) is 1.47. The molecule has 0 aliphatic heterocycles. The molecule has 0 fully saturated rings. The van der Waals surface area contributed by atoms with Crippen LogP contribution in [0.2, 0.25) is 0 Å². The van der Waals surface area contributed by atoms with Gasteiger partial charge < -0.3 is 5.32 Å². The molecular weight excluding hydrogens is 158 g/mol. The summed E-state index contributed by atoms with van der Waals surface area (Å²) in [5.74, 6) is -1.42. The molecule has 0 saturated carbocycles. The molecule has 0 aromatic rings. The van der Waals surface area contributed by atoms with Crippen LogP contribution in [0.1, 0.15) is 0 Å². The molecule has 5 nitrogen and oxygen atoms in total. The maximum absolute atomic E-state index is 10.3. The summed E-state index contributed by atoms with van der Waals surface area (Å²) in [7, 11) is -4.11. The molecule has 1 amide bonds. The van der Waals surface area contributed by atoms with Gasteiger partial charge in [0.1, 0.15) is 5.88 Å². The van der Waals surface area contributed by atoms with Gasteiger partial charge in [0.05, 0.1) is 0 Å². The summed E-state index contributed by atoms with van der Waals surface area (Å²) in [6.07, 6.45) is 0.908. The molecule has 6 heteroatoms. The van der Waals surface area contributed by atoms with Crippen molar-refractivity contribution >= 4 is 16.0 Å². The second-order valence-corrected chi connectivity index (χ2v) is 2.92. The molecule has 0 aliphatic carbocycles. The van der Waals surface area contributed by atoms with Crippen LogP contribution < -0.4 is 5.32 Å². The molecule has 0 aromatic heterocycles. The van der Waals surface area contributed by atoms with Crippen molar-refractivity contribution < 1.29 is 17.8 Å². The first-order valence-electron chi connectivity index (χ1n) is 2.31. The van der Waals surface area contributed by atoms with Gasteiger partial charge in [-0.3, -0.25) is 9.35 Å². The van der Waals surface area contributed by atoms with E-state index in [9.17, 15) is 13.2 Å². The monoisotopic (exact) mass is 165 g/mol. The predicted octanol–water partition coefficient (Wildman–Crippen LogP) is -0.866. The topological polar surface area (TPSA) is 83.5 Å². The van der Waals surface area contributed by atoms with Gasteiger partial charge in [-0.25, -0.2) is 0 Å². The summed E-state index contributed by atoms with van der Waals surface area (Å²) in [6, 6.07) is 0. The molecular formula is C4H7NO4S. The Morgan fingerprint density at radius 1 is 1.70 bits per heavy atom. The Morgan fingerprint density at radius 3 is 2.50 bits per heavy atom. The van der Waals surface area contributed by atoms with E-state index in [0.29, 0.717) is 0 Å². The van der Waals surface area contributed by atoms with E-state index in [1.807, 2.05) is 5.32 Å². The molecule has 0 aliphatic rings. The summed E-state index contributed by atoms with van der Waals surface area (Å²) < 4.78 is 28.0. The van der Waals surface area contributed by atoms with Crippen molar-refractivity contribution in [2.24, 2.45) is 0 Å². The van der Waals surface area contributed by atoms with Crippen LogP contribution in [0.15, 0.2) is 12.7 Å². The first-order valence-corrected chi connectivity index (χ1v) is 3.92. The summed E-state index contributed by atoms with van der Waals surface area (Å²) in [5, 5.41) is 1.88. The highest BCUT2D eigenvalue weighted by molar-refractivity contribution is 7.85. The minimum atomic E-state index is -4.11. The summed E-state index contributed by atoms with van der Waals surface area (Å²) in [6.45, 7) is 3.07. The highest BCUT2D eigenvalue weighted by atomic mass is 32.2. The Hall–Kier alpha value is -0.880. The molecule has 0 radical (unpaired) electrons. The number of amides is 1. The van der Waals surface area contributed by atoms with Crippen LogP contribution in [0.4, 0.5) is 0 Å². The fourth-order valence-corrected chi connectivity index (χ4v) is 0.559. The van der Waals surface area contributed by atoms with E-state index in [-0.39, 0.29) is 0 Å². The fraction of sp³-hybridized carbons (Fsp3) is 0.250. The van der Waals surface area contributed by atoms with Crippen molar-refractivity contribution in [1.82, 2.24) is 5.32 Å². The first-order chi connectivity index (χ1) is 4.45. The summed E-state index contributed by atoms with van der Waals surface area (Å²) in [5.41, 5.74) is 0. The zero-order valence-corrected chi connectivity index (χ0v) is 5.89. The molecule has 2 N–H and O–H groups in total. The van der Waals surface area contributed by atoms with Gasteiger partial charge in [-0.15, -0.1) is 0 Å². The third-order valence-corrected chi connectivity index (χ3v) is 1.12. The maximum Gasteiger partial charge on any atom is 0.283 e. The number of hydrogen-bond acceptors (Lipinski definition) is 3. The molecule has 0 bridgehead atoms. The zero-order chi connectivity index (χ0) is 8.20. The van der Waals surface area contributed by atoms with Gasteiger partial charge in [0.25, 0.3) is 10.1 Å². The van der Waals surface area contributed by atoms with Crippen LogP contribution in [0, 0.1) is 0 Å². The highest BCUT2D eigenvalue weighted by Crippen LogP contribution is 1.76. The molecule has 0 heterocycles. The molecule has 0 atom stereocenters. The number of carbonyl (C=O) groups is 1. The quantitative estimate of drug-likeness (QED) is 0.420. The average Bonchev–Trinajstić information content (AvgIpc) is 1.81. The van der Waals surface area contributed by atoms with Gasteiger partial charge in [0.2, 0.25) is 5.91 Å². The van der Waals surface area contributed by atoms with E-state index in [1.165, 1.54) is 0 Å². The van der Waals surface area contributed by atoms with Crippen LogP contribution in [0.5, 0.6) is 0 Å². The van der Waals surface area contributed by atoms with E-state index >= 15 is 0 Å². The van der Waals surface area contributed by atoms with E-state index in [0.717, 1.165) is 6.08 Å². The summed E-state index contributed by atoms with van der Waals surface area (Å²) in [4.78, 5) is 10.3. The lowest BCUT2D eigenvalue weighted by Crippen LogP contribution is -2.27. The van der Waals surface area contributed by atoms with Gasteiger partial charge in [0, 0.05) is 0 Å². The normalized spacial score (nSPS) is 10.5. The molecule has 0 saturated heterocycles. The van der Waals surface area contributed by atoms with Crippen molar-refractivity contribution in [3.8, 4) is 0 Å². The van der Waals surface area contributed by atoms with E-state index in [2.05, 4.69) is 6.58 Å². The Balaban J connectivity index is 3.78. The molecule has 0 rings (SSSR count). The number of carbonyl (C=O) groups excluding carboxylic acids is 1. The second kappa shape index (κ2) is 3.33. The first kappa shape index (κ1) is 9.12. The largest absolute Gasteiger partial charge is 0.336 e. The lowest BCUT2D eigenvalue weighted by atomic mass is 10.6. The van der Waals surface area contributed by atoms with Crippen LogP contribution in [0.25, 0.3) is 0 Å². The Kier molecular flexibility index (Phi) is 3.04. The third kappa shape index (κ3) is 5.26. The summed E-state index contributed by atoms with van der Waals surface area (Å²) >= 11 is 0. The minimum absolute atomic E-state index is 0.641. The maximum atomic E-state index is 10.3. The van der Waals surface area contributed by atoms with Crippen LogP contribution in [-0.2, 0) is 14.9 Å². The average molecular weight is 165 g/mol. The molecule has 0 aromatic carbocycles. The molecule has 58 valence electrons. The fourth-order valence-electron chi connectivity index (χ4n) is 0.234. The van der Waals surface area contributed by atoms with Crippen molar-refractivity contribution in [3.05, 3.63) is 12.7 Å². The zero-order valence-electron chi connectivity index (χ0n) is 5.07. The van der Waals surface area contributed by atoms with Crippen molar-refractivity contribution in [2.75, 3.05) is 5.88 Å². The van der Waals surface area contributed by atoms with Crippen molar-refractivity contribution in [2.45, 2.75) is 0 Å². The Morgan fingerprint density at radius 2 is 2.20 bits per heavy atom. The third-order valence-electron chi connectivity index (χ3n) is 0.614. The predicted molar refractivity (Wildman–Crippen MR) is 34.8 cm³/mol. The van der Waals surface area contributed by atoms with Crippen molar-refractivity contribution in [3.63, 3.8) is 0 Å². The standard InChI is InChI=1S/C4H7NO4S/c1-2-4(6)5-3-10(7,8)9/h2H,1,3H2,(H,5,6)(H,7,8,9). The van der Waals surface area contributed by atoms with E-state index < -0.39 is 21.9 Å². The lowest BCUT2D eigenvalue weighted by molar-refractivity contribution is -0.116. The smallest absolute Gasteiger partial charge is 0.283 e. The van der Waals surface area contributed by atoms with E-state index in [4.69, 9.17) is 4.55 Å². The number of hydrogen-bond donors (Lipinski definition) is 2. The molecule has 0 unspecified atom stereocenters. The molecule has 0 spiro atoms. The van der Waals surface area contributed by atoms with Crippen LogP contribution in [-0.4, -0.2) is 24.8 Å². The minimum Gasteiger partial charge on any atom is -0.336 e. The van der Waals surface area contributed by atoms with Crippen molar-refractivity contribution in [1.29, 1.82) is 0 Å². The van der Waals surface area contributed by atoms with Gasteiger partial charge >= 0.3 is 0 Å².